The molecule has 0 aliphatic carbocycles. The van der Waals surface area contributed by atoms with E-state index in [0.717, 1.165) is 144 Å². The Kier molecular flexibility index (Phi) is 27.3. The first kappa shape index (κ1) is 82.3. The van der Waals surface area contributed by atoms with E-state index in [1.807, 2.05) is 158 Å². The maximum Gasteiger partial charge on any atom is 0.326 e. The zero-order valence-corrected chi connectivity index (χ0v) is 72.4. The molecule has 16 aromatic carbocycles. The van der Waals surface area contributed by atoms with Crippen molar-refractivity contribution in [1.82, 2.24) is 0 Å². The lowest BCUT2D eigenvalue weighted by molar-refractivity contribution is 0.477. The van der Waals surface area contributed by atoms with Gasteiger partial charge in [0.2, 0.25) is 0 Å². The summed E-state index contributed by atoms with van der Waals surface area (Å²) in [5.41, 5.74) is 21.0. The van der Waals surface area contributed by atoms with E-state index in [9.17, 15) is 0 Å². The number of aryl methyl sites for hydroxylation is 2. The average Bonchev–Trinajstić information content (AvgIpc) is 0.780. The largest absolute Gasteiger partial charge is 0.435 e. The Bertz CT molecular complexity index is 5780. The molecular formula is C109H96O8P4. The van der Waals surface area contributed by atoms with Gasteiger partial charge in [-0.15, -0.1) is 0 Å². The minimum atomic E-state index is -1.42. The molecule has 0 N–H and O–H groups in total. The van der Waals surface area contributed by atoms with Crippen LogP contribution in [0.1, 0.15) is 109 Å². The molecule has 0 fully saturated rings. The van der Waals surface area contributed by atoms with Gasteiger partial charge in [-0.05, 0) is 163 Å². The Morgan fingerprint density at radius 3 is 0.826 bits per heavy atom. The van der Waals surface area contributed by atoms with Gasteiger partial charge < -0.3 is 36.2 Å². The number of rotatable bonds is 16. The normalized spacial score (nSPS) is 12.7. The topological polar surface area (TPSA) is 73.8 Å². The summed E-state index contributed by atoms with van der Waals surface area (Å²) in [4.78, 5) is 0. The molecule has 0 radical (unpaired) electrons. The van der Waals surface area contributed by atoms with Crippen LogP contribution in [-0.2, 0) is 32.1 Å². The van der Waals surface area contributed by atoms with E-state index in [2.05, 4.69) is 284 Å². The number of hydrogen-bond acceptors (Lipinski definition) is 8. The van der Waals surface area contributed by atoms with Crippen LogP contribution >= 0.6 is 33.5 Å². The second kappa shape index (κ2) is 40.1. The minimum Gasteiger partial charge on any atom is -0.435 e. The summed E-state index contributed by atoms with van der Waals surface area (Å²) in [5, 5.41) is 4.24. The summed E-state index contributed by atoms with van der Waals surface area (Å²) in [5.74, 6) is 8.17. The lowest BCUT2D eigenvalue weighted by Gasteiger charge is -2.29. The van der Waals surface area contributed by atoms with E-state index in [4.69, 9.17) is 36.2 Å². The van der Waals surface area contributed by atoms with Crippen LogP contribution in [0.3, 0.4) is 0 Å². The zero-order valence-electron chi connectivity index (χ0n) is 68.9. The fourth-order valence-electron chi connectivity index (χ4n) is 15.1. The molecule has 0 saturated carbocycles. The van der Waals surface area contributed by atoms with Crippen LogP contribution < -0.4 is 57.4 Å². The molecule has 0 spiro atoms. The number of benzene rings is 16. The molecule has 19 rings (SSSR count). The Morgan fingerprint density at radius 2 is 0.496 bits per heavy atom. The quantitative estimate of drug-likeness (QED) is 0.0886. The summed E-state index contributed by atoms with van der Waals surface area (Å²) in [6, 6.07) is 138. The molecule has 0 aromatic heterocycles. The molecule has 3 aliphatic heterocycles. The Morgan fingerprint density at radius 1 is 0.248 bits per heavy atom. The van der Waals surface area contributed by atoms with Crippen molar-refractivity contribution in [3.05, 3.63) is 456 Å². The second-order valence-corrected chi connectivity index (χ2v) is 35.8. The molecule has 8 nitrogen and oxygen atoms in total. The summed E-state index contributed by atoms with van der Waals surface area (Å²) in [6.45, 7) is 13.2. The van der Waals surface area contributed by atoms with Crippen molar-refractivity contribution in [3.63, 3.8) is 0 Å². The monoisotopic (exact) mass is 1660 g/mol. The van der Waals surface area contributed by atoms with Gasteiger partial charge in [0.25, 0.3) is 0 Å². The number of para-hydroxylation sites is 8. The highest BCUT2D eigenvalue weighted by Gasteiger charge is 2.33. The summed E-state index contributed by atoms with van der Waals surface area (Å²) in [6.07, 6.45) is 4.30. The highest BCUT2D eigenvalue weighted by atomic mass is 31.2. The first-order valence-corrected chi connectivity index (χ1v) is 46.2. The standard InChI is InChI=1S/C31H23O2P.C30H23O2P.C25H27O2P.C23H23O2P/c1-4-12-23(13-5-1)28-20-10-16-25-22-26-17-11-21-29(24-14-6-2-7-15-24)31(26)33-34(32-30(25)28)27-18-8-3-9-19-27;1-4-14-24(15-5-1)27-20-10-12-22-29(27)31-33(26-18-8-3-9-19-26)32-30-23-13-11-21-28(30)25-16-6-2-7-17-25;1-17(2)22-14-8-10-19-16-20-11-9-15-23(18(3)4)25(20)27-28(26-24(19)22)21-12-6-5-7-13-21;1-3-17-10-8-12-19-16-20-13-9-11-18(4-2)23(20)25-26(24-22(17)19)21-14-6-5-7-15-21/h1-21H,22H2;1-23H;5-15,17-18H,16H2,1-4H3;5-15H,3-4,16H2,1-2H3. The molecule has 600 valence electrons. The summed E-state index contributed by atoms with van der Waals surface area (Å²) in [7, 11) is -5.31. The van der Waals surface area contributed by atoms with E-state index < -0.39 is 33.5 Å². The maximum atomic E-state index is 6.80. The Labute approximate surface area is 718 Å². The maximum absolute atomic E-state index is 6.80. The fourth-order valence-corrected chi connectivity index (χ4v) is 20.8. The molecule has 16 aromatic rings. The van der Waals surface area contributed by atoms with Crippen LogP contribution in [0, 0.1) is 0 Å². The van der Waals surface area contributed by atoms with E-state index >= 15 is 0 Å². The highest BCUT2D eigenvalue weighted by molar-refractivity contribution is 7.57. The van der Waals surface area contributed by atoms with E-state index in [1.165, 1.54) is 55.6 Å². The van der Waals surface area contributed by atoms with Gasteiger partial charge in [-0.3, -0.25) is 0 Å². The summed E-state index contributed by atoms with van der Waals surface area (Å²) >= 11 is 0. The molecule has 0 bridgehead atoms. The van der Waals surface area contributed by atoms with E-state index in [1.54, 1.807) is 0 Å². The van der Waals surface area contributed by atoms with Crippen LogP contribution in [0.25, 0.3) is 44.5 Å². The fraction of sp³-hybridized carbons (Fsp3) is 0.119. The third kappa shape index (κ3) is 19.9. The molecular weight excluding hydrogens is 1560 g/mol. The molecule has 0 unspecified atom stereocenters. The molecule has 3 heterocycles. The SMILES string of the molecule is CC(C)c1cccc2c1OP(c1ccccc1)Oc1c(cccc1C(C)C)C2.CCc1cccc2c1OP(c1ccccc1)Oc1c(CC)cccc1C2.c1ccc(-c2cccc3c2OP(c2ccccc2)Oc2c(cccc2-c2ccccc2)C3)cc1.c1ccc(-c2ccccc2OP(Oc2ccccc2-c2ccccc2)c2ccccc2)cc1. The van der Waals surface area contributed by atoms with Crippen molar-refractivity contribution in [3.8, 4) is 90.5 Å². The molecule has 3 aliphatic rings. The minimum absolute atomic E-state index is 0.392. The molecule has 0 amide bonds. The second-order valence-electron chi connectivity index (χ2n) is 30.2. The van der Waals surface area contributed by atoms with Crippen molar-refractivity contribution >= 4 is 54.7 Å². The lowest BCUT2D eigenvalue weighted by atomic mass is 9.93. The zero-order chi connectivity index (χ0) is 82.6. The van der Waals surface area contributed by atoms with Crippen molar-refractivity contribution in [2.45, 2.75) is 85.5 Å². The lowest BCUT2D eigenvalue weighted by Crippen LogP contribution is -2.15. The van der Waals surface area contributed by atoms with Gasteiger partial charge in [0.1, 0.15) is 46.0 Å². The first-order chi connectivity index (χ1) is 59.6. The van der Waals surface area contributed by atoms with Gasteiger partial charge >= 0.3 is 33.5 Å². The van der Waals surface area contributed by atoms with Crippen molar-refractivity contribution in [1.29, 1.82) is 0 Å². The van der Waals surface area contributed by atoms with Crippen LogP contribution in [-0.4, -0.2) is 0 Å². The first-order valence-electron chi connectivity index (χ1n) is 41.5. The average molecular weight is 1660 g/mol. The van der Waals surface area contributed by atoms with Crippen LogP contribution in [0.5, 0.6) is 46.0 Å². The summed E-state index contributed by atoms with van der Waals surface area (Å²) < 4.78 is 53.2. The van der Waals surface area contributed by atoms with Gasteiger partial charge in [0.15, 0.2) is 0 Å². The predicted octanol–water partition coefficient (Wildman–Crippen LogP) is 28.9. The van der Waals surface area contributed by atoms with Crippen LogP contribution in [0.4, 0.5) is 0 Å². The van der Waals surface area contributed by atoms with E-state index in [-0.39, 0.29) is 0 Å². The number of hydrogen-bond donors (Lipinski definition) is 0. The highest BCUT2D eigenvalue weighted by Crippen LogP contribution is 2.54. The smallest absolute Gasteiger partial charge is 0.326 e. The van der Waals surface area contributed by atoms with Gasteiger partial charge in [0.05, 0.1) is 21.2 Å². The van der Waals surface area contributed by atoms with Crippen molar-refractivity contribution in [2.75, 3.05) is 0 Å². The molecule has 0 saturated heterocycles. The Hall–Kier alpha value is -12.4. The van der Waals surface area contributed by atoms with E-state index in [0.29, 0.717) is 11.8 Å². The molecule has 12 heteroatoms. The van der Waals surface area contributed by atoms with Crippen LogP contribution in [0.15, 0.2) is 400 Å². The van der Waals surface area contributed by atoms with Gasteiger partial charge in [-0.25, -0.2) is 0 Å². The Balaban J connectivity index is 0.000000121. The molecule has 121 heavy (non-hydrogen) atoms. The number of fused-ring (bicyclic) bond motifs is 6. The van der Waals surface area contributed by atoms with Crippen molar-refractivity contribution < 1.29 is 36.2 Å². The predicted molar refractivity (Wildman–Crippen MR) is 506 cm³/mol. The third-order valence-corrected chi connectivity index (χ3v) is 27.0. The van der Waals surface area contributed by atoms with Crippen LogP contribution in [0.2, 0.25) is 0 Å². The molecule has 0 atom stereocenters. The van der Waals surface area contributed by atoms with Gasteiger partial charge in [-0.1, -0.05) is 381 Å². The third-order valence-electron chi connectivity index (χ3n) is 21.3. The van der Waals surface area contributed by atoms with Gasteiger partial charge in [-0.2, -0.15) is 0 Å². The van der Waals surface area contributed by atoms with Crippen molar-refractivity contribution in [2.24, 2.45) is 0 Å². The van der Waals surface area contributed by atoms with Gasteiger partial charge in [0, 0.05) is 41.5 Å².